The highest BCUT2D eigenvalue weighted by molar-refractivity contribution is 5.94. The molecule has 0 aliphatic rings. The molecule has 10 N–H and O–H groups in total. The summed E-state index contributed by atoms with van der Waals surface area (Å²) in [5.74, 6) is -5.13. The van der Waals surface area contributed by atoms with Gasteiger partial charge in [0.1, 0.15) is 18.6 Å². The van der Waals surface area contributed by atoms with Crippen molar-refractivity contribution in [2.75, 3.05) is 19.7 Å². The van der Waals surface area contributed by atoms with Gasteiger partial charge in [-0.3, -0.25) is 28.8 Å². The second kappa shape index (κ2) is 14.7. The number of carboxylic acid groups (broad SMARTS) is 1. The number of amides is 5. The van der Waals surface area contributed by atoms with E-state index in [2.05, 4.69) is 21.3 Å². The lowest BCUT2D eigenvalue weighted by molar-refractivity contribution is -0.138. The second-order valence-corrected chi connectivity index (χ2v) is 7.43. The molecule has 0 saturated heterocycles. The van der Waals surface area contributed by atoms with Crippen LogP contribution in [0.1, 0.15) is 33.1 Å². The van der Waals surface area contributed by atoms with Gasteiger partial charge in [0.2, 0.25) is 29.5 Å². The van der Waals surface area contributed by atoms with Crippen LogP contribution in [-0.4, -0.2) is 83.5 Å². The predicted octanol–water partition coefficient (Wildman–Crippen LogP) is -4.10. The zero-order chi connectivity index (χ0) is 24.8. The van der Waals surface area contributed by atoms with Gasteiger partial charge in [0.15, 0.2) is 0 Å². The summed E-state index contributed by atoms with van der Waals surface area (Å²) in [6, 6.07) is -3.63. The molecule has 0 aliphatic heterocycles. The van der Waals surface area contributed by atoms with Crippen LogP contribution in [0.2, 0.25) is 0 Å². The number of carbonyl (C=O) groups excluding carboxylic acids is 5. The maximum Gasteiger partial charge on any atom is 0.322 e. The quantitative estimate of drug-likeness (QED) is 0.118. The first-order valence-corrected chi connectivity index (χ1v) is 9.89. The minimum Gasteiger partial charge on any atom is -0.480 e. The number of hydrogen-bond donors (Lipinski definition) is 8. The number of nitrogens with one attached hydrogen (secondary N) is 4. The molecule has 0 aromatic heterocycles. The topological polar surface area (TPSA) is 243 Å². The highest BCUT2D eigenvalue weighted by Crippen LogP contribution is 2.02. The van der Waals surface area contributed by atoms with E-state index < -0.39 is 73.3 Å². The van der Waals surface area contributed by atoms with Gasteiger partial charge in [0, 0.05) is 6.42 Å². The molecule has 0 aromatic rings. The first kappa shape index (κ1) is 28.7. The zero-order valence-corrected chi connectivity index (χ0v) is 18.1. The summed E-state index contributed by atoms with van der Waals surface area (Å²) < 4.78 is 0. The molecule has 0 bridgehead atoms. The molecular weight excluding hydrogens is 428 g/mol. The number of carboxylic acids is 1. The zero-order valence-electron chi connectivity index (χ0n) is 18.1. The van der Waals surface area contributed by atoms with E-state index in [4.69, 9.17) is 16.6 Å². The maximum absolute atomic E-state index is 12.4. The van der Waals surface area contributed by atoms with Crippen LogP contribution in [0, 0.1) is 5.92 Å². The average molecular weight is 460 g/mol. The fraction of sp³-hybridized carbons (Fsp3) is 0.667. The summed E-state index contributed by atoms with van der Waals surface area (Å²) in [6.45, 7) is 1.70. The predicted molar refractivity (Wildman–Crippen MR) is 110 cm³/mol. The molecule has 0 rings (SSSR count). The largest absolute Gasteiger partial charge is 0.480 e. The molecule has 0 fully saturated rings. The Morgan fingerprint density at radius 3 is 1.97 bits per heavy atom. The number of aliphatic hydroxyl groups excluding tert-OH is 1. The molecule has 5 amide bonds. The number of aliphatic hydroxyl groups is 1. The van der Waals surface area contributed by atoms with Crippen molar-refractivity contribution in [3.05, 3.63) is 0 Å². The molecule has 32 heavy (non-hydrogen) atoms. The fourth-order valence-corrected chi connectivity index (χ4v) is 2.47. The molecule has 3 atom stereocenters. The van der Waals surface area contributed by atoms with E-state index in [1.165, 1.54) is 0 Å². The minimum atomic E-state index is -1.48. The van der Waals surface area contributed by atoms with Crippen LogP contribution in [0.5, 0.6) is 0 Å². The summed E-state index contributed by atoms with van der Waals surface area (Å²) in [7, 11) is 0. The van der Waals surface area contributed by atoms with E-state index in [1.807, 2.05) is 13.8 Å². The van der Waals surface area contributed by atoms with Gasteiger partial charge in [-0.05, 0) is 18.8 Å². The summed E-state index contributed by atoms with van der Waals surface area (Å²) in [6.07, 6.45) is -0.113. The number of rotatable bonds is 15. The molecule has 0 spiro atoms. The van der Waals surface area contributed by atoms with Crippen molar-refractivity contribution in [3.63, 3.8) is 0 Å². The van der Waals surface area contributed by atoms with Crippen molar-refractivity contribution in [3.8, 4) is 0 Å². The second-order valence-electron chi connectivity index (χ2n) is 7.43. The lowest BCUT2D eigenvalue weighted by Crippen LogP contribution is -2.56. The van der Waals surface area contributed by atoms with Crippen molar-refractivity contribution in [2.45, 2.75) is 51.2 Å². The lowest BCUT2D eigenvalue weighted by atomic mass is 10.0. The molecule has 0 saturated carbocycles. The van der Waals surface area contributed by atoms with Crippen LogP contribution >= 0.6 is 0 Å². The van der Waals surface area contributed by atoms with Crippen molar-refractivity contribution in [2.24, 2.45) is 17.4 Å². The summed E-state index contributed by atoms with van der Waals surface area (Å²) >= 11 is 0. The molecule has 0 aliphatic carbocycles. The van der Waals surface area contributed by atoms with Crippen molar-refractivity contribution < 1.29 is 39.0 Å². The monoisotopic (exact) mass is 460 g/mol. The van der Waals surface area contributed by atoms with Gasteiger partial charge in [-0.1, -0.05) is 13.8 Å². The van der Waals surface area contributed by atoms with Crippen LogP contribution in [0.25, 0.3) is 0 Å². The molecule has 0 radical (unpaired) electrons. The Hall–Kier alpha value is -3.26. The Labute approximate surface area is 184 Å². The van der Waals surface area contributed by atoms with Gasteiger partial charge in [0.25, 0.3) is 0 Å². The third-order valence-corrected chi connectivity index (χ3v) is 4.05. The van der Waals surface area contributed by atoms with Crippen LogP contribution in [0.4, 0.5) is 0 Å². The first-order valence-electron chi connectivity index (χ1n) is 9.89. The SMILES string of the molecule is CC(C)C[C@H](N)C(=O)NCC(=O)N[C@@H](CO)C(=O)N[C@@H](CCC(N)=O)C(=O)NCC(=O)O. The normalized spacial score (nSPS) is 13.4. The van der Waals surface area contributed by atoms with Crippen LogP contribution in [0.15, 0.2) is 0 Å². The third-order valence-electron chi connectivity index (χ3n) is 4.05. The van der Waals surface area contributed by atoms with E-state index in [-0.39, 0.29) is 18.8 Å². The van der Waals surface area contributed by atoms with E-state index in [9.17, 15) is 33.9 Å². The Bertz CT molecular complexity index is 699. The first-order chi connectivity index (χ1) is 14.9. The van der Waals surface area contributed by atoms with Gasteiger partial charge in [0.05, 0.1) is 19.2 Å². The Balaban J connectivity index is 4.89. The van der Waals surface area contributed by atoms with Crippen molar-refractivity contribution in [1.82, 2.24) is 21.3 Å². The van der Waals surface area contributed by atoms with E-state index in [0.717, 1.165) is 0 Å². The minimum absolute atomic E-state index is 0.169. The van der Waals surface area contributed by atoms with Gasteiger partial charge >= 0.3 is 5.97 Å². The number of carbonyl (C=O) groups is 6. The third kappa shape index (κ3) is 12.4. The van der Waals surface area contributed by atoms with E-state index >= 15 is 0 Å². The standard InChI is InChI=1S/C18H32N6O8/c1-9(2)5-10(19)16(30)21-6-14(27)23-12(8-25)18(32)24-11(3-4-13(20)26)17(31)22-7-15(28)29/h9-12,25H,3-8,19H2,1-2H3,(H2,20,26)(H,21,30)(H,22,31)(H,23,27)(H,24,32)(H,28,29)/t10-,11-,12-/m0/s1. The highest BCUT2D eigenvalue weighted by Gasteiger charge is 2.27. The highest BCUT2D eigenvalue weighted by atomic mass is 16.4. The average Bonchev–Trinajstić information content (AvgIpc) is 2.70. The lowest BCUT2D eigenvalue weighted by Gasteiger charge is -2.22. The van der Waals surface area contributed by atoms with Gasteiger partial charge in [-0.15, -0.1) is 0 Å². The van der Waals surface area contributed by atoms with Crippen LogP contribution < -0.4 is 32.7 Å². The Morgan fingerprint density at radius 1 is 0.875 bits per heavy atom. The van der Waals surface area contributed by atoms with Gasteiger partial charge in [-0.25, -0.2) is 0 Å². The maximum atomic E-state index is 12.4. The molecule has 0 heterocycles. The molecule has 14 heteroatoms. The van der Waals surface area contributed by atoms with Crippen LogP contribution in [0.3, 0.4) is 0 Å². The summed E-state index contributed by atoms with van der Waals surface area (Å²) in [5, 5.41) is 26.8. The van der Waals surface area contributed by atoms with Gasteiger partial charge < -0.3 is 42.9 Å². The number of hydrogen-bond acceptors (Lipinski definition) is 8. The van der Waals surface area contributed by atoms with Crippen molar-refractivity contribution in [1.29, 1.82) is 0 Å². The van der Waals surface area contributed by atoms with Gasteiger partial charge in [-0.2, -0.15) is 0 Å². The number of nitrogens with two attached hydrogens (primary N) is 2. The molecule has 14 nitrogen and oxygen atoms in total. The Kier molecular flexibility index (Phi) is 13.2. The van der Waals surface area contributed by atoms with E-state index in [1.54, 1.807) is 0 Å². The Morgan fingerprint density at radius 2 is 1.47 bits per heavy atom. The summed E-state index contributed by atoms with van der Waals surface area (Å²) in [4.78, 5) is 69.9. The smallest absolute Gasteiger partial charge is 0.322 e. The van der Waals surface area contributed by atoms with E-state index in [0.29, 0.717) is 6.42 Å². The summed E-state index contributed by atoms with van der Waals surface area (Å²) in [5.41, 5.74) is 10.7. The molecule has 0 aromatic carbocycles. The van der Waals surface area contributed by atoms with Crippen LogP contribution in [-0.2, 0) is 28.8 Å². The fourth-order valence-electron chi connectivity index (χ4n) is 2.47. The molecule has 0 unspecified atom stereocenters. The number of primary amides is 1. The van der Waals surface area contributed by atoms with Crippen molar-refractivity contribution >= 4 is 35.5 Å². The molecular formula is C18H32N6O8. The molecule has 182 valence electrons. The number of aliphatic carboxylic acids is 1.